The third-order valence-corrected chi connectivity index (χ3v) is 3.35. The van der Waals surface area contributed by atoms with Gasteiger partial charge in [0.25, 0.3) is 0 Å². The average molecular weight is 272 g/mol. The lowest BCUT2D eigenvalue weighted by Gasteiger charge is -2.09. The summed E-state index contributed by atoms with van der Waals surface area (Å²) in [5, 5.41) is 7.62. The molecule has 0 atom stereocenters. The molecule has 0 saturated heterocycles. The minimum atomic E-state index is 0.643. The van der Waals surface area contributed by atoms with Crippen molar-refractivity contribution in [2.24, 2.45) is 7.05 Å². The molecule has 0 aromatic carbocycles. The van der Waals surface area contributed by atoms with Crippen molar-refractivity contribution in [3.8, 4) is 11.6 Å². The first-order valence-electron chi connectivity index (χ1n) is 7.12. The highest BCUT2D eigenvalue weighted by Crippen LogP contribution is 2.22. The quantitative estimate of drug-likeness (QED) is 0.877. The van der Waals surface area contributed by atoms with Crippen LogP contribution in [0.25, 0.3) is 0 Å². The molecule has 20 heavy (non-hydrogen) atoms. The summed E-state index contributed by atoms with van der Waals surface area (Å²) in [6.45, 7) is 2.98. The minimum Gasteiger partial charge on any atom is -0.436 e. The molecule has 5 nitrogen and oxygen atoms in total. The van der Waals surface area contributed by atoms with Crippen LogP contribution < -0.4 is 10.1 Å². The number of pyridine rings is 1. The molecule has 3 rings (SSSR count). The lowest BCUT2D eigenvalue weighted by molar-refractivity contribution is 0.459. The van der Waals surface area contributed by atoms with Crippen molar-refractivity contribution in [1.29, 1.82) is 0 Å². The topological polar surface area (TPSA) is 52.0 Å². The Labute approximate surface area is 119 Å². The lowest BCUT2D eigenvalue weighted by atomic mass is 10.2. The van der Waals surface area contributed by atoms with Gasteiger partial charge in [-0.15, -0.1) is 0 Å². The standard InChI is InChI=1S/C15H20N4O/c1-3-12-6-11(8-16-13-4-5-13)7-15(18-12)20-14-9-17-19(2)10-14/h6-7,9-10,13,16H,3-5,8H2,1-2H3. The van der Waals surface area contributed by atoms with E-state index in [1.165, 1.54) is 18.4 Å². The molecule has 1 aliphatic rings. The monoisotopic (exact) mass is 272 g/mol. The number of ether oxygens (including phenoxy) is 1. The van der Waals surface area contributed by atoms with Gasteiger partial charge in [-0.3, -0.25) is 4.68 Å². The van der Waals surface area contributed by atoms with Gasteiger partial charge in [-0.05, 0) is 30.9 Å². The van der Waals surface area contributed by atoms with Crippen LogP contribution in [0.3, 0.4) is 0 Å². The molecule has 0 radical (unpaired) electrons. The number of nitrogens with zero attached hydrogens (tertiary/aromatic N) is 3. The molecule has 106 valence electrons. The van der Waals surface area contributed by atoms with E-state index >= 15 is 0 Å². The van der Waals surface area contributed by atoms with E-state index in [0.717, 1.165) is 18.7 Å². The molecule has 2 aromatic heterocycles. The maximum Gasteiger partial charge on any atom is 0.219 e. The second-order valence-electron chi connectivity index (χ2n) is 5.27. The predicted octanol–water partition coefficient (Wildman–Crippen LogP) is 2.42. The highest BCUT2D eigenvalue weighted by Gasteiger charge is 2.20. The Hall–Kier alpha value is -1.88. The fourth-order valence-electron chi connectivity index (χ4n) is 2.08. The van der Waals surface area contributed by atoms with Crippen LogP contribution in [0.4, 0.5) is 0 Å². The van der Waals surface area contributed by atoms with Gasteiger partial charge in [-0.25, -0.2) is 4.98 Å². The highest BCUT2D eigenvalue weighted by molar-refractivity contribution is 5.29. The molecule has 5 heteroatoms. The van der Waals surface area contributed by atoms with Crippen molar-refractivity contribution < 1.29 is 4.74 Å². The molecule has 0 bridgehead atoms. The van der Waals surface area contributed by atoms with Gasteiger partial charge in [-0.1, -0.05) is 6.92 Å². The number of nitrogens with one attached hydrogen (secondary N) is 1. The number of rotatable bonds is 6. The van der Waals surface area contributed by atoms with Crippen LogP contribution in [0.15, 0.2) is 24.5 Å². The smallest absolute Gasteiger partial charge is 0.219 e. The number of hydrogen-bond donors (Lipinski definition) is 1. The van der Waals surface area contributed by atoms with E-state index in [1.54, 1.807) is 10.9 Å². The Morgan fingerprint density at radius 3 is 2.90 bits per heavy atom. The van der Waals surface area contributed by atoms with Crippen molar-refractivity contribution in [2.75, 3.05) is 0 Å². The van der Waals surface area contributed by atoms with Crippen LogP contribution in [0, 0.1) is 0 Å². The van der Waals surface area contributed by atoms with Crippen molar-refractivity contribution >= 4 is 0 Å². The summed E-state index contributed by atoms with van der Waals surface area (Å²) in [5.41, 5.74) is 2.28. The van der Waals surface area contributed by atoms with Crippen molar-refractivity contribution in [3.05, 3.63) is 35.8 Å². The molecule has 1 fully saturated rings. The Bertz CT molecular complexity index is 589. The number of hydrogen-bond acceptors (Lipinski definition) is 4. The summed E-state index contributed by atoms with van der Waals surface area (Å²) in [6, 6.07) is 4.85. The Kier molecular flexibility index (Phi) is 3.69. The molecule has 0 unspecified atom stereocenters. The normalized spacial score (nSPS) is 14.5. The summed E-state index contributed by atoms with van der Waals surface area (Å²) in [4.78, 5) is 4.51. The van der Waals surface area contributed by atoms with E-state index in [9.17, 15) is 0 Å². The highest BCUT2D eigenvalue weighted by atomic mass is 16.5. The minimum absolute atomic E-state index is 0.643. The van der Waals surface area contributed by atoms with E-state index in [4.69, 9.17) is 4.74 Å². The largest absolute Gasteiger partial charge is 0.436 e. The van der Waals surface area contributed by atoms with Crippen LogP contribution >= 0.6 is 0 Å². The molecular weight excluding hydrogens is 252 g/mol. The summed E-state index contributed by atoms with van der Waals surface area (Å²) in [6.07, 6.45) is 7.03. The van der Waals surface area contributed by atoms with Gasteiger partial charge >= 0.3 is 0 Å². The summed E-state index contributed by atoms with van der Waals surface area (Å²) < 4.78 is 7.50. The van der Waals surface area contributed by atoms with Gasteiger partial charge in [-0.2, -0.15) is 5.10 Å². The maximum atomic E-state index is 5.78. The second kappa shape index (κ2) is 5.63. The molecule has 1 saturated carbocycles. The zero-order valence-corrected chi connectivity index (χ0v) is 12.0. The van der Waals surface area contributed by atoms with E-state index in [0.29, 0.717) is 17.7 Å². The van der Waals surface area contributed by atoms with E-state index < -0.39 is 0 Å². The van der Waals surface area contributed by atoms with Crippen LogP contribution in [0.5, 0.6) is 11.6 Å². The second-order valence-corrected chi connectivity index (χ2v) is 5.27. The molecule has 1 N–H and O–H groups in total. The van der Waals surface area contributed by atoms with Gasteiger partial charge in [0.2, 0.25) is 5.88 Å². The Morgan fingerprint density at radius 2 is 2.25 bits per heavy atom. The van der Waals surface area contributed by atoms with Gasteiger partial charge in [0, 0.05) is 31.4 Å². The lowest BCUT2D eigenvalue weighted by Crippen LogP contribution is -2.15. The number of aromatic nitrogens is 3. The zero-order chi connectivity index (χ0) is 13.9. The van der Waals surface area contributed by atoms with Crippen molar-refractivity contribution in [3.63, 3.8) is 0 Å². The van der Waals surface area contributed by atoms with Crippen LogP contribution in [0.2, 0.25) is 0 Å². The molecular formula is C15H20N4O. The van der Waals surface area contributed by atoms with Gasteiger partial charge in [0.05, 0.1) is 12.4 Å². The molecule has 0 amide bonds. The zero-order valence-electron chi connectivity index (χ0n) is 12.0. The Morgan fingerprint density at radius 1 is 1.40 bits per heavy atom. The van der Waals surface area contributed by atoms with Gasteiger partial charge < -0.3 is 10.1 Å². The predicted molar refractivity (Wildman–Crippen MR) is 76.8 cm³/mol. The third kappa shape index (κ3) is 3.36. The molecule has 2 aromatic rings. The van der Waals surface area contributed by atoms with E-state index in [2.05, 4.69) is 28.4 Å². The first-order valence-corrected chi connectivity index (χ1v) is 7.12. The van der Waals surface area contributed by atoms with Gasteiger partial charge in [0.15, 0.2) is 5.75 Å². The summed E-state index contributed by atoms with van der Waals surface area (Å²) in [7, 11) is 1.87. The van der Waals surface area contributed by atoms with E-state index in [1.807, 2.05) is 19.3 Å². The Balaban J connectivity index is 1.75. The van der Waals surface area contributed by atoms with Crippen LogP contribution in [0.1, 0.15) is 31.0 Å². The molecule has 0 aliphatic heterocycles. The van der Waals surface area contributed by atoms with Gasteiger partial charge in [0.1, 0.15) is 0 Å². The molecule has 0 spiro atoms. The summed E-state index contributed by atoms with van der Waals surface area (Å²) in [5.74, 6) is 1.36. The van der Waals surface area contributed by atoms with Crippen LogP contribution in [-0.4, -0.2) is 20.8 Å². The molecule has 2 heterocycles. The third-order valence-electron chi connectivity index (χ3n) is 3.35. The van der Waals surface area contributed by atoms with E-state index in [-0.39, 0.29) is 0 Å². The van der Waals surface area contributed by atoms with Crippen molar-refractivity contribution in [2.45, 2.75) is 38.8 Å². The fraction of sp³-hybridized carbons (Fsp3) is 0.467. The average Bonchev–Trinajstić information content (AvgIpc) is 3.19. The SMILES string of the molecule is CCc1cc(CNC2CC2)cc(Oc2cnn(C)c2)n1. The number of aryl methyl sites for hydroxylation is 2. The first kappa shape index (κ1) is 13.1. The maximum absolute atomic E-state index is 5.78. The fourth-order valence-corrected chi connectivity index (χ4v) is 2.08. The molecule has 1 aliphatic carbocycles. The van der Waals surface area contributed by atoms with Crippen LogP contribution in [-0.2, 0) is 20.0 Å². The first-order chi connectivity index (χ1) is 9.72. The van der Waals surface area contributed by atoms with Crippen molar-refractivity contribution in [1.82, 2.24) is 20.1 Å². The summed E-state index contributed by atoms with van der Waals surface area (Å²) >= 11 is 0.